The quantitative estimate of drug-likeness (QED) is 0.526. The molecular weight excluding hydrogens is 422 g/mol. The molecule has 0 aliphatic carbocycles. The largest absolute Gasteiger partial charge is 0.493 e. The predicted molar refractivity (Wildman–Crippen MR) is 129 cm³/mol. The molecule has 3 aromatic rings. The Hall–Kier alpha value is -2.71. The standard InChI is InChI=1S/C24H31N5O2S/c1-16(2)20-12-17(3)25-24(27-20)29-10-8-28(9-11-29)14-19-15-32-23(26-19)18-6-7-21(30-4)22(13-18)31-5/h6-7,12-13,15-16H,8-11,14H2,1-5H3. The maximum atomic E-state index is 5.43. The molecule has 3 heterocycles. The second kappa shape index (κ2) is 9.83. The average molecular weight is 454 g/mol. The van der Waals surface area contributed by atoms with Crippen LogP contribution < -0.4 is 14.4 Å². The van der Waals surface area contributed by atoms with Crippen LogP contribution in [0.5, 0.6) is 11.5 Å². The third-order valence-electron chi connectivity index (χ3n) is 5.68. The van der Waals surface area contributed by atoms with Gasteiger partial charge in [0, 0.05) is 55.1 Å². The highest BCUT2D eigenvalue weighted by Gasteiger charge is 2.21. The van der Waals surface area contributed by atoms with Gasteiger partial charge in [-0.3, -0.25) is 4.90 Å². The van der Waals surface area contributed by atoms with Crippen molar-refractivity contribution in [2.45, 2.75) is 33.2 Å². The third-order valence-corrected chi connectivity index (χ3v) is 6.62. The number of anilines is 1. The van der Waals surface area contributed by atoms with Crippen molar-refractivity contribution in [1.29, 1.82) is 0 Å². The van der Waals surface area contributed by atoms with Crippen molar-refractivity contribution >= 4 is 17.3 Å². The number of benzene rings is 1. The topological polar surface area (TPSA) is 63.6 Å². The van der Waals surface area contributed by atoms with E-state index in [4.69, 9.17) is 19.4 Å². The Kier molecular flexibility index (Phi) is 6.91. The Morgan fingerprint density at radius 2 is 1.72 bits per heavy atom. The van der Waals surface area contributed by atoms with E-state index in [-0.39, 0.29) is 0 Å². The van der Waals surface area contributed by atoms with Gasteiger partial charge in [-0.1, -0.05) is 13.8 Å². The minimum atomic E-state index is 0.404. The minimum Gasteiger partial charge on any atom is -0.493 e. The molecule has 4 rings (SSSR count). The zero-order chi connectivity index (χ0) is 22.7. The number of piperazine rings is 1. The Morgan fingerprint density at radius 1 is 0.969 bits per heavy atom. The predicted octanol–water partition coefficient (Wildman–Crippen LogP) is 4.37. The van der Waals surface area contributed by atoms with Crippen LogP contribution in [0.3, 0.4) is 0 Å². The third kappa shape index (κ3) is 5.02. The van der Waals surface area contributed by atoms with Crippen molar-refractivity contribution in [3.8, 4) is 22.1 Å². The summed E-state index contributed by atoms with van der Waals surface area (Å²) in [4.78, 5) is 19.1. The van der Waals surface area contributed by atoms with Gasteiger partial charge in [-0.05, 0) is 37.1 Å². The van der Waals surface area contributed by atoms with E-state index in [2.05, 4.69) is 40.1 Å². The minimum absolute atomic E-state index is 0.404. The number of ether oxygens (including phenoxy) is 2. The zero-order valence-corrected chi connectivity index (χ0v) is 20.3. The van der Waals surface area contributed by atoms with Gasteiger partial charge < -0.3 is 14.4 Å². The summed E-state index contributed by atoms with van der Waals surface area (Å²) in [6.07, 6.45) is 0. The molecule has 0 spiro atoms. The lowest BCUT2D eigenvalue weighted by atomic mass is 10.1. The molecular formula is C24H31N5O2S. The van der Waals surface area contributed by atoms with Gasteiger partial charge in [-0.2, -0.15) is 0 Å². The first kappa shape index (κ1) is 22.5. The molecule has 170 valence electrons. The number of nitrogens with zero attached hydrogens (tertiary/aromatic N) is 5. The molecule has 1 saturated heterocycles. The Balaban J connectivity index is 1.38. The van der Waals surface area contributed by atoms with Crippen molar-refractivity contribution in [2.24, 2.45) is 0 Å². The summed E-state index contributed by atoms with van der Waals surface area (Å²) in [6.45, 7) is 11.0. The van der Waals surface area contributed by atoms with Gasteiger partial charge >= 0.3 is 0 Å². The van der Waals surface area contributed by atoms with E-state index >= 15 is 0 Å². The van der Waals surface area contributed by atoms with E-state index in [1.54, 1.807) is 25.6 Å². The lowest BCUT2D eigenvalue weighted by molar-refractivity contribution is 0.246. The number of rotatable bonds is 7. The number of aromatic nitrogens is 3. The molecule has 8 heteroatoms. The first-order chi connectivity index (χ1) is 15.5. The monoisotopic (exact) mass is 453 g/mol. The number of hydrogen-bond donors (Lipinski definition) is 0. The zero-order valence-electron chi connectivity index (χ0n) is 19.5. The van der Waals surface area contributed by atoms with E-state index < -0.39 is 0 Å². The fourth-order valence-electron chi connectivity index (χ4n) is 3.83. The van der Waals surface area contributed by atoms with Gasteiger partial charge in [0.15, 0.2) is 11.5 Å². The Morgan fingerprint density at radius 3 is 2.41 bits per heavy atom. The number of hydrogen-bond acceptors (Lipinski definition) is 8. The molecule has 0 unspecified atom stereocenters. The molecule has 1 aliphatic heterocycles. The highest BCUT2D eigenvalue weighted by molar-refractivity contribution is 7.13. The van der Waals surface area contributed by atoms with Crippen LogP contribution in [-0.4, -0.2) is 60.3 Å². The lowest BCUT2D eigenvalue weighted by Gasteiger charge is -2.34. The molecule has 0 radical (unpaired) electrons. The van der Waals surface area contributed by atoms with Crippen LogP contribution in [0.2, 0.25) is 0 Å². The van der Waals surface area contributed by atoms with E-state index in [9.17, 15) is 0 Å². The van der Waals surface area contributed by atoms with Crippen molar-refractivity contribution in [2.75, 3.05) is 45.3 Å². The smallest absolute Gasteiger partial charge is 0.225 e. The van der Waals surface area contributed by atoms with Crippen molar-refractivity contribution in [1.82, 2.24) is 19.9 Å². The Bertz CT molecular complexity index is 1060. The van der Waals surface area contributed by atoms with Gasteiger partial charge in [-0.15, -0.1) is 11.3 Å². The van der Waals surface area contributed by atoms with Gasteiger partial charge in [0.25, 0.3) is 0 Å². The summed E-state index contributed by atoms with van der Waals surface area (Å²) in [5, 5.41) is 3.14. The molecule has 2 aromatic heterocycles. The summed E-state index contributed by atoms with van der Waals surface area (Å²) < 4.78 is 10.8. The van der Waals surface area contributed by atoms with Crippen LogP contribution in [0.4, 0.5) is 5.95 Å². The second-order valence-corrected chi connectivity index (χ2v) is 9.22. The maximum Gasteiger partial charge on any atom is 0.225 e. The van der Waals surface area contributed by atoms with Gasteiger partial charge in [0.2, 0.25) is 5.95 Å². The number of aryl methyl sites for hydroxylation is 1. The van der Waals surface area contributed by atoms with Crippen LogP contribution in [0, 0.1) is 6.92 Å². The fraction of sp³-hybridized carbons (Fsp3) is 0.458. The summed E-state index contributed by atoms with van der Waals surface area (Å²) in [5.74, 6) is 2.71. The molecule has 0 atom stereocenters. The number of methoxy groups -OCH3 is 2. The molecule has 0 N–H and O–H groups in total. The molecule has 1 aliphatic rings. The molecule has 0 amide bonds. The van der Waals surface area contributed by atoms with Crippen LogP contribution in [0.1, 0.15) is 36.8 Å². The van der Waals surface area contributed by atoms with E-state index in [0.717, 1.165) is 77.8 Å². The van der Waals surface area contributed by atoms with E-state index in [1.165, 1.54) is 0 Å². The van der Waals surface area contributed by atoms with Crippen LogP contribution in [-0.2, 0) is 6.54 Å². The molecule has 7 nitrogen and oxygen atoms in total. The number of thiazole rings is 1. The molecule has 1 aromatic carbocycles. The van der Waals surface area contributed by atoms with E-state index in [1.807, 2.05) is 25.1 Å². The van der Waals surface area contributed by atoms with Crippen molar-refractivity contribution < 1.29 is 9.47 Å². The summed E-state index contributed by atoms with van der Waals surface area (Å²) in [6, 6.07) is 8.01. The SMILES string of the molecule is COc1ccc(-c2nc(CN3CCN(c4nc(C)cc(C(C)C)n4)CC3)cs2)cc1OC. The molecule has 32 heavy (non-hydrogen) atoms. The van der Waals surface area contributed by atoms with Gasteiger partial charge in [-0.25, -0.2) is 15.0 Å². The van der Waals surface area contributed by atoms with Gasteiger partial charge in [0.1, 0.15) is 5.01 Å². The van der Waals surface area contributed by atoms with Gasteiger partial charge in [0.05, 0.1) is 19.9 Å². The molecule has 0 bridgehead atoms. The summed E-state index contributed by atoms with van der Waals surface area (Å²) >= 11 is 1.66. The average Bonchev–Trinajstić information content (AvgIpc) is 3.27. The van der Waals surface area contributed by atoms with Crippen molar-refractivity contribution in [3.05, 3.63) is 46.7 Å². The van der Waals surface area contributed by atoms with Crippen LogP contribution in [0.25, 0.3) is 10.6 Å². The highest BCUT2D eigenvalue weighted by Crippen LogP contribution is 2.33. The lowest BCUT2D eigenvalue weighted by Crippen LogP contribution is -2.46. The molecule has 1 fully saturated rings. The Labute approximate surface area is 194 Å². The van der Waals surface area contributed by atoms with E-state index in [0.29, 0.717) is 5.92 Å². The maximum absolute atomic E-state index is 5.43. The van der Waals surface area contributed by atoms with Crippen molar-refractivity contribution in [3.63, 3.8) is 0 Å². The summed E-state index contributed by atoms with van der Waals surface area (Å²) in [5.41, 5.74) is 4.29. The summed E-state index contributed by atoms with van der Waals surface area (Å²) in [7, 11) is 3.30. The second-order valence-electron chi connectivity index (χ2n) is 8.37. The highest BCUT2D eigenvalue weighted by atomic mass is 32.1. The molecule has 0 saturated carbocycles. The first-order valence-corrected chi connectivity index (χ1v) is 11.8. The van der Waals surface area contributed by atoms with Crippen LogP contribution in [0.15, 0.2) is 29.6 Å². The fourth-order valence-corrected chi connectivity index (χ4v) is 4.64. The first-order valence-electron chi connectivity index (χ1n) is 11.0. The van der Waals surface area contributed by atoms with Crippen LogP contribution >= 0.6 is 11.3 Å². The normalized spacial score (nSPS) is 14.8.